The maximum atomic E-state index is 10.8. The molecule has 4 aromatic rings. The molecular formula is C20H15Cl2O5P. The zero-order valence-corrected chi connectivity index (χ0v) is 16.7. The molecule has 144 valence electrons. The average molecular weight is 437 g/mol. The number of phosphoric acid groups is 1. The van der Waals surface area contributed by atoms with Gasteiger partial charge in [0.05, 0.1) is 0 Å². The smallest absolute Gasteiger partial charge is 0.507 e. The van der Waals surface area contributed by atoms with Crippen molar-refractivity contribution in [2.45, 2.75) is 0 Å². The van der Waals surface area contributed by atoms with Crippen molar-refractivity contribution in [3.63, 3.8) is 0 Å². The third-order valence-corrected chi connectivity index (χ3v) is 4.99. The maximum absolute atomic E-state index is 10.8. The molecule has 0 saturated heterocycles. The van der Waals surface area contributed by atoms with Crippen LogP contribution >= 0.6 is 31.0 Å². The molecule has 0 fully saturated rings. The van der Waals surface area contributed by atoms with Gasteiger partial charge >= 0.3 is 7.82 Å². The molecule has 5 nitrogen and oxygen atoms in total. The van der Waals surface area contributed by atoms with Crippen LogP contribution in [0.15, 0.2) is 72.8 Å². The summed E-state index contributed by atoms with van der Waals surface area (Å²) in [5.41, 5.74) is 0. The zero-order valence-electron chi connectivity index (χ0n) is 14.3. The van der Waals surface area contributed by atoms with E-state index in [-0.39, 0.29) is 11.5 Å². The number of fused-ring (bicyclic) bond motifs is 2. The first-order valence-electron chi connectivity index (χ1n) is 8.05. The normalized spacial score (nSPS) is 11.1. The summed E-state index contributed by atoms with van der Waals surface area (Å²) < 4.78 is 15.3. The Hall–Kier alpha value is -2.27. The van der Waals surface area contributed by atoms with Gasteiger partial charge in [0, 0.05) is 31.6 Å². The summed E-state index contributed by atoms with van der Waals surface area (Å²) in [6.45, 7) is 0. The van der Waals surface area contributed by atoms with Gasteiger partial charge in [-0.3, -0.25) is 9.79 Å². The Balaban J connectivity index is 0.000000167. The molecule has 0 atom stereocenters. The van der Waals surface area contributed by atoms with E-state index in [1.54, 1.807) is 36.4 Å². The minimum atomic E-state index is -4.55. The molecule has 0 heterocycles. The van der Waals surface area contributed by atoms with E-state index in [9.17, 15) is 9.67 Å². The van der Waals surface area contributed by atoms with Crippen LogP contribution in [-0.4, -0.2) is 14.9 Å². The first kappa shape index (κ1) is 20.5. The van der Waals surface area contributed by atoms with Crippen molar-refractivity contribution < 1.29 is 24.0 Å². The lowest BCUT2D eigenvalue weighted by molar-refractivity contribution is 0.284. The van der Waals surface area contributed by atoms with Crippen molar-refractivity contribution in [1.82, 2.24) is 0 Å². The number of rotatable bonds is 2. The van der Waals surface area contributed by atoms with Crippen LogP contribution < -0.4 is 4.52 Å². The maximum Gasteiger partial charge on any atom is 0.524 e. The molecule has 0 aliphatic carbocycles. The van der Waals surface area contributed by atoms with Crippen molar-refractivity contribution in [1.29, 1.82) is 0 Å². The van der Waals surface area contributed by atoms with Gasteiger partial charge < -0.3 is 9.63 Å². The molecule has 28 heavy (non-hydrogen) atoms. The van der Waals surface area contributed by atoms with E-state index < -0.39 is 7.82 Å². The topological polar surface area (TPSA) is 87.0 Å². The minimum absolute atomic E-state index is 0.119. The lowest BCUT2D eigenvalue weighted by Gasteiger charge is -2.10. The van der Waals surface area contributed by atoms with Gasteiger partial charge in [0.25, 0.3) is 0 Å². The number of hydrogen-bond donors (Lipinski definition) is 3. The highest BCUT2D eigenvalue weighted by molar-refractivity contribution is 7.46. The minimum Gasteiger partial charge on any atom is -0.507 e. The number of benzene rings is 4. The van der Waals surface area contributed by atoms with E-state index in [0.29, 0.717) is 20.8 Å². The molecule has 0 aliphatic heterocycles. The van der Waals surface area contributed by atoms with Crippen molar-refractivity contribution in [3.8, 4) is 11.5 Å². The van der Waals surface area contributed by atoms with E-state index in [0.717, 1.165) is 10.8 Å². The molecule has 0 amide bonds. The van der Waals surface area contributed by atoms with Gasteiger partial charge in [-0.2, -0.15) is 0 Å². The highest BCUT2D eigenvalue weighted by atomic mass is 35.5. The predicted octanol–water partition coefficient (Wildman–Crippen LogP) is 6.16. The second-order valence-corrected chi connectivity index (χ2v) is 7.76. The first-order valence-corrected chi connectivity index (χ1v) is 10.3. The summed E-state index contributed by atoms with van der Waals surface area (Å²) in [7, 11) is -4.55. The largest absolute Gasteiger partial charge is 0.524 e. The van der Waals surface area contributed by atoms with Gasteiger partial charge in [-0.1, -0.05) is 71.7 Å². The van der Waals surface area contributed by atoms with Crippen molar-refractivity contribution in [3.05, 3.63) is 82.8 Å². The van der Waals surface area contributed by atoms with Gasteiger partial charge in [-0.05, 0) is 24.3 Å². The monoisotopic (exact) mass is 436 g/mol. The molecule has 4 rings (SSSR count). The van der Waals surface area contributed by atoms with E-state index in [2.05, 4.69) is 4.52 Å². The van der Waals surface area contributed by atoms with E-state index in [1.165, 1.54) is 12.1 Å². The number of phosphoric ester groups is 1. The van der Waals surface area contributed by atoms with Crippen molar-refractivity contribution in [2.24, 2.45) is 0 Å². The second-order valence-electron chi connectivity index (χ2n) is 5.79. The molecule has 4 aromatic carbocycles. The third kappa shape index (κ3) is 4.76. The van der Waals surface area contributed by atoms with E-state index >= 15 is 0 Å². The molecule has 0 bridgehead atoms. The molecule has 0 aliphatic rings. The fraction of sp³-hybridized carbons (Fsp3) is 0. The molecule has 0 aromatic heterocycles. The van der Waals surface area contributed by atoms with Crippen LogP contribution in [0.5, 0.6) is 11.5 Å². The first-order chi connectivity index (χ1) is 13.3. The predicted molar refractivity (Wildman–Crippen MR) is 112 cm³/mol. The van der Waals surface area contributed by atoms with Crippen LogP contribution in [0.2, 0.25) is 10.0 Å². The number of phenolic OH excluding ortho intramolecular Hbond substituents is 1. The van der Waals surface area contributed by atoms with Gasteiger partial charge in [0.1, 0.15) is 11.5 Å². The number of phenols is 1. The Morgan fingerprint density at radius 3 is 1.68 bits per heavy atom. The summed E-state index contributed by atoms with van der Waals surface area (Å²) in [4.78, 5) is 17.5. The average Bonchev–Trinajstić information content (AvgIpc) is 2.67. The molecule has 0 radical (unpaired) electrons. The third-order valence-electron chi connectivity index (χ3n) is 3.90. The van der Waals surface area contributed by atoms with Crippen molar-refractivity contribution >= 4 is 52.6 Å². The Labute approximate surface area is 171 Å². The van der Waals surface area contributed by atoms with Crippen LogP contribution in [0.1, 0.15) is 0 Å². The summed E-state index contributed by atoms with van der Waals surface area (Å²) >= 11 is 11.9. The number of hydrogen-bond acceptors (Lipinski definition) is 3. The Bertz CT molecular complexity index is 1150. The number of aromatic hydroxyl groups is 1. The standard InChI is InChI=1S/C10H8ClO4P.C10H7ClO/c11-9-5-6-10(15-16(12,13)14)8-4-2-1-3-7(8)9;11-9-5-6-10(12)8-4-2-1-3-7(8)9/h1-6H,(H2,12,13,14);1-6,12H. The lowest BCUT2D eigenvalue weighted by atomic mass is 10.1. The zero-order chi connectivity index (χ0) is 20.3. The molecule has 0 saturated carbocycles. The van der Waals surface area contributed by atoms with Gasteiger partial charge in [0.2, 0.25) is 0 Å². The molecule has 8 heteroatoms. The summed E-state index contributed by atoms with van der Waals surface area (Å²) in [5.74, 6) is 0.392. The van der Waals surface area contributed by atoms with E-state index in [1.807, 2.05) is 24.3 Å². The molecule has 3 N–H and O–H groups in total. The Kier molecular flexibility index (Phi) is 6.14. The highest BCUT2D eigenvalue weighted by Gasteiger charge is 2.18. The van der Waals surface area contributed by atoms with Crippen molar-refractivity contribution in [2.75, 3.05) is 0 Å². The Morgan fingerprint density at radius 2 is 1.14 bits per heavy atom. The van der Waals surface area contributed by atoms with Crippen LogP contribution in [0.3, 0.4) is 0 Å². The van der Waals surface area contributed by atoms with Gasteiger partial charge in [-0.15, -0.1) is 0 Å². The summed E-state index contributed by atoms with van der Waals surface area (Å²) in [5, 5.41) is 13.6. The molecular weight excluding hydrogens is 422 g/mol. The van der Waals surface area contributed by atoms with Crippen LogP contribution in [0.4, 0.5) is 0 Å². The summed E-state index contributed by atoms with van der Waals surface area (Å²) in [6.07, 6.45) is 0. The molecule has 0 spiro atoms. The quantitative estimate of drug-likeness (QED) is 0.327. The van der Waals surface area contributed by atoms with Crippen LogP contribution in [0.25, 0.3) is 21.5 Å². The molecule has 0 unspecified atom stereocenters. The van der Waals surface area contributed by atoms with E-state index in [4.69, 9.17) is 33.0 Å². The van der Waals surface area contributed by atoms with Crippen LogP contribution in [-0.2, 0) is 4.57 Å². The fourth-order valence-corrected chi connectivity index (χ4v) is 3.56. The lowest BCUT2D eigenvalue weighted by Crippen LogP contribution is -1.91. The van der Waals surface area contributed by atoms with Crippen LogP contribution in [0, 0.1) is 0 Å². The highest BCUT2D eigenvalue weighted by Crippen LogP contribution is 2.41. The Morgan fingerprint density at radius 1 is 0.679 bits per heavy atom. The van der Waals surface area contributed by atoms with Gasteiger partial charge in [-0.25, -0.2) is 4.57 Å². The number of halogens is 2. The fourth-order valence-electron chi connectivity index (χ4n) is 2.69. The van der Waals surface area contributed by atoms with Gasteiger partial charge in [0.15, 0.2) is 0 Å². The summed E-state index contributed by atoms with van der Waals surface area (Å²) in [6, 6.07) is 20.7. The SMILES string of the molecule is O=P(O)(O)Oc1ccc(Cl)c2ccccc12.Oc1ccc(Cl)c2ccccc12. The second kappa shape index (κ2) is 8.39.